The van der Waals surface area contributed by atoms with E-state index in [0.29, 0.717) is 11.7 Å². The smallest absolute Gasteiger partial charge is 0.238 e. The minimum Gasteiger partial charge on any atom is -0.490 e. The lowest BCUT2D eigenvalue weighted by Gasteiger charge is -2.17. The van der Waals surface area contributed by atoms with E-state index in [1.165, 1.54) is 25.0 Å². The van der Waals surface area contributed by atoms with E-state index in [1.54, 1.807) is 12.1 Å². The molecule has 1 aliphatic carbocycles. The third-order valence-electron chi connectivity index (χ3n) is 3.22. The summed E-state index contributed by atoms with van der Waals surface area (Å²) < 4.78 is 28.0. The molecule has 0 saturated heterocycles. The van der Waals surface area contributed by atoms with Crippen molar-refractivity contribution in [3.05, 3.63) is 24.3 Å². The van der Waals surface area contributed by atoms with Crippen LogP contribution in [0.1, 0.15) is 26.2 Å². The third-order valence-corrected chi connectivity index (χ3v) is 4.15. The largest absolute Gasteiger partial charge is 0.490 e. The zero-order chi connectivity index (χ0) is 12.5. The van der Waals surface area contributed by atoms with E-state index in [-0.39, 0.29) is 11.0 Å². The minimum absolute atomic E-state index is 0.115. The average molecular weight is 255 g/mol. The number of hydrogen-bond acceptors (Lipinski definition) is 3. The molecule has 5 heteroatoms. The maximum atomic E-state index is 11.1. The highest BCUT2D eigenvalue weighted by Crippen LogP contribution is 2.29. The van der Waals surface area contributed by atoms with Crippen LogP contribution < -0.4 is 9.88 Å². The van der Waals surface area contributed by atoms with Crippen molar-refractivity contribution in [2.45, 2.75) is 37.2 Å². The maximum Gasteiger partial charge on any atom is 0.238 e. The first-order chi connectivity index (χ1) is 7.97. The Morgan fingerprint density at radius 1 is 1.24 bits per heavy atom. The van der Waals surface area contributed by atoms with E-state index in [2.05, 4.69) is 6.92 Å². The Morgan fingerprint density at radius 2 is 1.88 bits per heavy atom. The van der Waals surface area contributed by atoms with Gasteiger partial charge in [0.15, 0.2) is 0 Å². The number of nitrogens with two attached hydrogens (primary N) is 1. The van der Waals surface area contributed by atoms with E-state index < -0.39 is 10.0 Å². The van der Waals surface area contributed by atoms with Gasteiger partial charge in [0, 0.05) is 0 Å². The van der Waals surface area contributed by atoms with Gasteiger partial charge in [-0.15, -0.1) is 0 Å². The predicted octanol–water partition coefficient (Wildman–Crippen LogP) is 1.90. The molecular weight excluding hydrogens is 238 g/mol. The van der Waals surface area contributed by atoms with Crippen LogP contribution >= 0.6 is 0 Å². The Kier molecular flexibility index (Phi) is 3.40. The summed E-state index contributed by atoms with van der Waals surface area (Å²) in [5.74, 6) is 1.27. The van der Waals surface area contributed by atoms with Gasteiger partial charge in [-0.2, -0.15) is 0 Å². The molecule has 0 aliphatic heterocycles. The second-order valence-corrected chi connectivity index (χ2v) is 6.14. The Balaban J connectivity index is 2.08. The Morgan fingerprint density at radius 3 is 2.35 bits per heavy atom. The topological polar surface area (TPSA) is 69.4 Å². The summed E-state index contributed by atoms with van der Waals surface area (Å²) in [7, 11) is -3.61. The van der Waals surface area contributed by atoms with Crippen LogP contribution in [-0.2, 0) is 10.0 Å². The molecule has 0 aromatic heterocycles. The average Bonchev–Trinajstić information content (AvgIpc) is 2.64. The number of hydrogen-bond donors (Lipinski definition) is 1. The van der Waals surface area contributed by atoms with Crippen molar-refractivity contribution in [2.75, 3.05) is 0 Å². The van der Waals surface area contributed by atoms with Crippen molar-refractivity contribution in [2.24, 2.45) is 11.1 Å². The van der Waals surface area contributed by atoms with Gasteiger partial charge in [0.25, 0.3) is 0 Å². The molecule has 2 rings (SSSR count). The van der Waals surface area contributed by atoms with Crippen LogP contribution in [0.4, 0.5) is 0 Å². The SMILES string of the molecule is CC1CCCC1Oc1ccc(S(N)(=O)=O)cc1. The van der Waals surface area contributed by atoms with Crippen molar-refractivity contribution in [3.8, 4) is 5.75 Å². The number of ether oxygens (including phenoxy) is 1. The van der Waals surface area contributed by atoms with E-state index in [4.69, 9.17) is 9.88 Å². The van der Waals surface area contributed by atoms with Gasteiger partial charge in [0.1, 0.15) is 11.9 Å². The second kappa shape index (κ2) is 4.66. The summed E-state index contributed by atoms with van der Waals surface area (Å²) in [5.41, 5.74) is 0. The van der Waals surface area contributed by atoms with Crippen LogP contribution in [0.2, 0.25) is 0 Å². The summed E-state index contributed by atoms with van der Waals surface area (Å²) >= 11 is 0. The van der Waals surface area contributed by atoms with Gasteiger partial charge in [0.05, 0.1) is 4.90 Å². The van der Waals surface area contributed by atoms with Crippen LogP contribution in [-0.4, -0.2) is 14.5 Å². The van der Waals surface area contributed by atoms with Gasteiger partial charge in [-0.05, 0) is 49.4 Å². The van der Waals surface area contributed by atoms with Crippen LogP contribution in [0.5, 0.6) is 5.75 Å². The number of benzene rings is 1. The predicted molar refractivity (Wildman–Crippen MR) is 65.2 cm³/mol. The fourth-order valence-corrected chi connectivity index (χ4v) is 2.68. The second-order valence-electron chi connectivity index (χ2n) is 4.58. The zero-order valence-electron chi connectivity index (χ0n) is 9.80. The molecule has 2 N–H and O–H groups in total. The van der Waals surface area contributed by atoms with E-state index in [9.17, 15) is 8.42 Å². The molecule has 0 amide bonds. The van der Waals surface area contributed by atoms with Crippen molar-refractivity contribution in [3.63, 3.8) is 0 Å². The lowest BCUT2D eigenvalue weighted by atomic mass is 10.1. The quantitative estimate of drug-likeness (QED) is 0.896. The highest BCUT2D eigenvalue weighted by atomic mass is 32.2. The highest BCUT2D eigenvalue weighted by molar-refractivity contribution is 7.89. The molecule has 17 heavy (non-hydrogen) atoms. The van der Waals surface area contributed by atoms with E-state index in [0.717, 1.165) is 6.42 Å². The summed E-state index contributed by atoms with van der Waals surface area (Å²) in [6.45, 7) is 2.18. The molecule has 1 aliphatic rings. The maximum absolute atomic E-state index is 11.1. The number of primary sulfonamides is 1. The highest BCUT2D eigenvalue weighted by Gasteiger charge is 2.24. The minimum atomic E-state index is -3.61. The first kappa shape index (κ1) is 12.4. The Labute approximate surface area is 102 Å². The zero-order valence-corrected chi connectivity index (χ0v) is 10.6. The van der Waals surface area contributed by atoms with Crippen LogP contribution in [0, 0.1) is 5.92 Å². The Hall–Kier alpha value is -1.07. The van der Waals surface area contributed by atoms with Crippen molar-refractivity contribution in [1.82, 2.24) is 0 Å². The van der Waals surface area contributed by atoms with Crippen molar-refractivity contribution in [1.29, 1.82) is 0 Å². The summed E-state index contributed by atoms with van der Waals surface area (Å²) in [6, 6.07) is 6.27. The summed E-state index contributed by atoms with van der Waals surface area (Å²) in [4.78, 5) is 0.115. The molecule has 2 atom stereocenters. The van der Waals surface area contributed by atoms with E-state index >= 15 is 0 Å². The molecule has 1 fully saturated rings. The fraction of sp³-hybridized carbons (Fsp3) is 0.500. The number of sulfonamides is 1. The van der Waals surface area contributed by atoms with Crippen LogP contribution in [0.25, 0.3) is 0 Å². The van der Waals surface area contributed by atoms with Gasteiger partial charge in [-0.3, -0.25) is 0 Å². The molecule has 2 unspecified atom stereocenters. The third kappa shape index (κ3) is 2.98. The number of rotatable bonds is 3. The lowest BCUT2D eigenvalue weighted by molar-refractivity contribution is 0.167. The standard InChI is InChI=1S/C12H17NO3S/c1-9-3-2-4-12(9)16-10-5-7-11(8-6-10)17(13,14)15/h5-9,12H,2-4H2,1H3,(H2,13,14,15). The molecule has 1 saturated carbocycles. The molecule has 0 bridgehead atoms. The Bertz CT molecular complexity index is 481. The first-order valence-electron chi connectivity index (χ1n) is 5.76. The normalized spacial score (nSPS) is 24.8. The van der Waals surface area contributed by atoms with Gasteiger partial charge < -0.3 is 4.74 Å². The monoisotopic (exact) mass is 255 g/mol. The first-order valence-corrected chi connectivity index (χ1v) is 7.31. The molecule has 0 heterocycles. The molecule has 0 spiro atoms. The van der Waals surface area contributed by atoms with Gasteiger partial charge in [-0.25, -0.2) is 13.6 Å². The lowest BCUT2D eigenvalue weighted by Crippen LogP contribution is -2.19. The summed E-state index contributed by atoms with van der Waals surface area (Å²) in [5, 5.41) is 5.02. The van der Waals surface area contributed by atoms with Gasteiger partial charge >= 0.3 is 0 Å². The van der Waals surface area contributed by atoms with Crippen molar-refractivity contribution < 1.29 is 13.2 Å². The van der Waals surface area contributed by atoms with Crippen LogP contribution in [0.3, 0.4) is 0 Å². The molecule has 4 nitrogen and oxygen atoms in total. The van der Waals surface area contributed by atoms with Gasteiger partial charge in [-0.1, -0.05) is 6.92 Å². The summed E-state index contributed by atoms with van der Waals surface area (Å²) in [6.07, 6.45) is 3.70. The molecule has 0 radical (unpaired) electrons. The van der Waals surface area contributed by atoms with E-state index in [1.807, 2.05) is 0 Å². The van der Waals surface area contributed by atoms with Gasteiger partial charge in [0.2, 0.25) is 10.0 Å². The molecular formula is C12H17NO3S. The molecule has 94 valence electrons. The molecule has 1 aromatic carbocycles. The fourth-order valence-electron chi connectivity index (χ4n) is 2.17. The van der Waals surface area contributed by atoms with Crippen LogP contribution in [0.15, 0.2) is 29.2 Å². The molecule has 1 aromatic rings. The van der Waals surface area contributed by atoms with Crippen molar-refractivity contribution >= 4 is 10.0 Å².